The van der Waals surface area contributed by atoms with E-state index in [1.807, 2.05) is 0 Å². The van der Waals surface area contributed by atoms with Crippen molar-refractivity contribution in [2.45, 2.75) is 180 Å². The predicted molar refractivity (Wildman–Crippen MR) is 206 cm³/mol. The molecule has 50 heavy (non-hydrogen) atoms. The summed E-state index contributed by atoms with van der Waals surface area (Å²) in [6.45, 7) is 3.65. The Labute approximate surface area is 305 Å². The van der Waals surface area contributed by atoms with E-state index in [1.165, 1.54) is 64.2 Å². The summed E-state index contributed by atoms with van der Waals surface area (Å²) >= 11 is 0. The molecule has 0 radical (unpaired) electrons. The summed E-state index contributed by atoms with van der Waals surface area (Å²) in [5.74, 6) is -0.864. The Morgan fingerprint density at radius 1 is 0.600 bits per heavy atom. The standard InChI is InChI=1S/C40H74NO8P/c1-3-5-7-9-11-13-15-17-19-21-23-25-27-29-31-33-40(43)49-38(37-48-50(44,45)47-35-34-41)36-46-39(42)32-30-28-26-24-22-20-18-16-14-12-10-8-6-4-2/h10,12,16,18,21,23,38H,3-9,11,13-15,17,19-20,22,24-37,41H2,1-2H3,(H,44,45)/b12-10+,18-16+,23-21+/t38-/m1/s1. The van der Waals surface area contributed by atoms with Gasteiger partial charge < -0.3 is 20.1 Å². The van der Waals surface area contributed by atoms with Crippen molar-refractivity contribution in [3.05, 3.63) is 36.5 Å². The van der Waals surface area contributed by atoms with Crippen LogP contribution >= 0.6 is 7.82 Å². The maximum absolute atomic E-state index is 12.5. The lowest BCUT2D eigenvalue weighted by Gasteiger charge is -2.19. The smallest absolute Gasteiger partial charge is 0.462 e. The highest BCUT2D eigenvalue weighted by atomic mass is 31.2. The topological polar surface area (TPSA) is 134 Å². The first kappa shape index (κ1) is 48.2. The molecule has 3 N–H and O–H groups in total. The number of esters is 2. The first-order valence-corrected chi connectivity index (χ1v) is 21.5. The van der Waals surface area contributed by atoms with Gasteiger partial charge in [-0.25, -0.2) is 4.57 Å². The summed E-state index contributed by atoms with van der Waals surface area (Å²) in [6, 6.07) is 0. The number of hydrogen-bond donors (Lipinski definition) is 2. The molecule has 0 fully saturated rings. The molecule has 1 unspecified atom stereocenters. The molecule has 0 aliphatic carbocycles. The van der Waals surface area contributed by atoms with Crippen molar-refractivity contribution in [3.63, 3.8) is 0 Å². The second kappa shape index (κ2) is 37.0. The molecule has 0 saturated heterocycles. The van der Waals surface area contributed by atoms with Gasteiger partial charge in [-0.05, 0) is 64.2 Å². The molecule has 292 valence electrons. The number of allylic oxidation sites excluding steroid dienone is 6. The highest BCUT2D eigenvalue weighted by Gasteiger charge is 2.25. The Morgan fingerprint density at radius 2 is 1.06 bits per heavy atom. The second-order valence-corrected chi connectivity index (χ2v) is 14.6. The molecule has 0 aromatic carbocycles. The molecule has 0 bridgehead atoms. The highest BCUT2D eigenvalue weighted by Crippen LogP contribution is 2.43. The van der Waals surface area contributed by atoms with E-state index in [-0.39, 0.29) is 32.6 Å². The van der Waals surface area contributed by atoms with Crippen LogP contribution in [0.1, 0.15) is 174 Å². The van der Waals surface area contributed by atoms with Crippen LogP contribution in [0, 0.1) is 0 Å². The first-order chi connectivity index (χ1) is 24.3. The van der Waals surface area contributed by atoms with Gasteiger partial charge >= 0.3 is 19.8 Å². The van der Waals surface area contributed by atoms with Crippen molar-refractivity contribution in [1.29, 1.82) is 0 Å². The van der Waals surface area contributed by atoms with E-state index in [2.05, 4.69) is 50.3 Å². The lowest BCUT2D eigenvalue weighted by atomic mass is 10.1. The largest absolute Gasteiger partial charge is 0.472 e. The summed E-state index contributed by atoms with van der Waals surface area (Å²) in [5, 5.41) is 0. The molecule has 0 aliphatic heterocycles. The third kappa shape index (κ3) is 36.0. The fourth-order valence-corrected chi connectivity index (χ4v) is 6.00. The Hall–Kier alpha value is -1.77. The maximum Gasteiger partial charge on any atom is 0.472 e. The van der Waals surface area contributed by atoms with Gasteiger partial charge in [0.05, 0.1) is 13.2 Å². The molecule has 0 aromatic rings. The van der Waals surface area contributed by atoms with Gasteiger partial charge in [-0.15, -0.1) is 0 Å². The van der Waals surface area contributed by atoms with Crippen molar-refractivity contribution >= 4 is 19.8 Å². The minimum Gasteiger partial charge on any atom is -0.462 e. The number of rotatable bonds is 37. The average molecular weight is 728 g/mol. The number of hydrogen-bond acceptors (Lipinski definition) is 8. The molecular formula is C40H74NO8P. The predicted octanol–water partition coefficient (Wildman–Crippen LogP) is 11.0. The molecule has 0 amide bonds. The molecule has 0 aromatic heterocycles. The Kier molecular flexibility index (Phi) is 35.7. The van der Waals surface area contributed by atoms with E-state index >= 15 is 0 Å². The first-order valence-electron chi connectivity index (χ1n) is 20.0. The molecule has 0 rings (SSSR count). The number of unbranched alkanes of at least 4 members (excludes halogenated alkanes) is 18. The van der Waals surface area contributed by atoms with Crippen LogP contribution in [-0.4, -0.2) is 49.3 Å². The Morgan fingerprint density at radius 3 is 1.62 bits per heavy atom. The van der Waals surface area contributed by atoms with Crippen LogP contribution < -0.4 is 5.73 Å². The lowest BCUT2D eigenvalue weighted by Crippen LogP contribution is -2.29. The van der Waals surface area contributed by atoms with Crippen molar-refractivity contribution in [3.8, 4) is 0 Å². The fraction of sp³-hybridized carbons (Fsp3) is 0.800. The molecule has 0 heterocycles. The molecule has 9 nitrogen and oxygen atoms in total. The fourth-order valence-electron chi connectivity index (χ4n) is 5.23. The number of carbonyl (C=O) groups is 2. The Bertz CT molecular complexity index is 923. The zero-order valence-electron chi connectivity index (χ0n) is 31.9. The van der Waals surface area contributed by atoms with Crippen molar-refractivity contribution in [1.82, 2.24) is 0 Å². The van der Waals surface area contributed by atoms with Crippen LogP contribution in [0.4, 0.5) is 0 Å². The number of nitrogens with two attached hydrogens (primary N) is 1. The van der Waals surface area contributed by atoms with E-state index in [4.69, 9.17) is 24.3 Å². The minimum absolute atomic E-state index is 0.0487. The van der Waals surface area contributed by atoms with Crippen molar-refractivity contribution in [2.24, 2.45) is 5.73 Å². The second-order valence-electron chi connectivity index (χ2n) is 13.1. The van der Waals surface area contributed by atoms with Gasteiger partial charge in [0, 0.05) is 19.4 Å². The average Bonchev–Trinajstić information content (AvgIpc) is 3.10. The Balaban J connectivity index is 4.25. The van der Waals surface area contributed by atoms with Gasteiger partial charge in [-0.2, -0.15) is 0 Å². The summed E-state index contributed by atoms with van der Waals surface area (Å²) in [6.07, 6.45) is 38.9. The van der Waals surface area contributed by atoms with Gasteiger partial charge in [-0.3, -0.25) is 18.6 Å². The SMILES string of the molecule is CCCC/C=C/C/C=C/CCCCCCCC(=O)OC[C@H](COP(=O)(O)OCCN)OC(=O)CCCCC/C=C/CCCCCCCCCC. The van der Waals surface area contributed by atoms with Crippen molar-refractivity contribution in [2.75, 3.05) is 26.4 Å². The van der Waals surface area contributed by atoms with E-state index < -0.39 is 32.5 Å². The zero-order chi connectivity index (χ0) is 36.8. The maximum atomic E-state index is 12.5. The van der Waals surface area contributed by atoms with Crippen molar-refractivity contribution < 1.29 is 37.6 Å². The van der Waals surface area contributed by atoms with Crippen LogP contribution in [0.2, 0.25) is 0 Å². The third-order valence-electron chi connectivity index (χ3n) is 8.25. The van der Waals surface area contributed by atoms with Crippen LogP contribution in [0.25, 0.3) is 0 Å². The summed E-state index contributed by atoms with van der Waals surface area (Å²) < 4.78 is 32.7. The minimum atomic E-state index is -4.38. The van der Waals surface area contributed by atoms with Crippen LogP contribution in [-0.2, 0) is 32.7 Å². The van der Waals surface area contributed by atoms with Gasteiger partial charge in [0.25, 0.3) is 0 Å². The number of ether oxygens (including phenoxy) is 2. The third-order valence-corrected chi connectivity index (χ3v) is 9.23. The molecule has 0 aliphatic rings. The number of phosphoric ester groups is 1. The number of phosphoric acid groups is 1. The normalized spacial score (nSPS) is 13.8. The van der Waals surface area contributed by atoms with Crippen LogP contribution in [0.5, 0.6) is 0 Å². The van der Waals surface area contributed by atoms with Gasteiger partial charge in [0.1, 0.15) is 6.61 Å². The quantitative estimate of drug-likeness (QED) is 0.0277. The highest BCUT2D eigenvalue weighted by molar-refractivity contribution is 7.47. The van der Waals surface area contributed by atoms with E-state index in [9.17, 15) is 19.0 Å². The van der Waals surface area contributed by atoms with Gasteiger partial charge in [-0.1, -0.05) is 134 Å². The molecule has 2 atom stereocenters. The van der Waals surface area contributed by atoms with Crippen LogP contribution in [0.15, 0.2) is 36.5 Å². The summed E-state index contributed by atoms with van der Waals surface area (Å²) in [5.41, 5.74) is 5.33. The van der Waals surface area contributed by atoms with E-state index in [1.54, 1.807) is 0 Å². The van der Waals surface area contributed by atoms with E-state index in [0.717, 1.165) is 70.6 Å². The van der Waals surface area contributed by atoms with E-state index in [0.29, 0.717) is 12.8 Å². The molecule has 0 spiro atoms. The number of carbonyl (C=O) groups excluding carboxylic acids is 2. The van der Waals surface area contributed by atoms with Gasteiger partial charge in [0.2, 0.25) is 0 Å². The summed E-state index contributed by atoms with van der Waals surface area (Å²) in [4.78, 5) is 34.7. The zero-order valence-corrected chi connectivity index (χ0v) is 32.8. The molecule has 0 saturated carbocycles. The monoisotopic (exact) mass is 728 g/mol. The lowest BCUT2D eigenvalue weighted by molar-refractivity contribution is -0.161. The molecule has 10 heteroatoms. The van der Waals surface area contributed by atoms with Gasteiger partial charge in [0.15, 0.2) is 6.10 Å². The molecular weight excluding hydrogens is 653 g/mol. The van der Waals surface area contributed by atoms with Crippen LogP contribution in [0.3, 0.4) is 0 Å². The summed E-state index contributed by atoms with van der Waals surface area (Å²) in [7, 11) is -4.38.